The molecule has 0 saturated heterocycles. The molecule has 0 aliphatic carbocycles. The van der Waals surface area contributed by atoms with Crippen LogP contribution in [0.2, 0.25) is 0 Å². The third-order valence-electron chi connectivity index (χ3n) is 2.48. The number of ether oxygens (including phenoxy) is 1. The summed E-state index contributed by atoms with van der Waals surface area (Å²) in [7, 11) is 0. The van der Waals surface area contributed by atoms with Crippen LogP contribution in [0.5, 0.6) is 5.75 Å². The van der Waals surface area contributed by atoms with E-state index in [-0.39, 0.29) is 0 Å². The molecular weight excluding hydrogens is 162 g/mol. The van der Waals surface area contributed by atoms with Gasteiger partial charge >= 0.3 is 0 Å². The van der Waals surface area contributed by atoms with Crippen molar-refractivity contribution in [3.8, 4) is 5.75 Å². The summed E-state index contributed by atoms with van der Waals surface area (Å²) in [4.78, 5) is 0. The zero-order valence-electron chi connectivity index (χ0n) is 7.97. The molecule has 0 amide bonds. The van der Waals surface area contributed by atoms with Gasteiger partial charge in [0, 0.05) is 5.69 Å². The van der Waals surface area contributed by atoms with Crippen LogP contribution in [0.3, 0.4) is 0 Å². The number of aryl methyl sites for hydroxylation is 2. The fraction of sp³-hybridized carbons (Fsp3) is 0.455. The average Bonchev–Trinajstić information content (AvgIpc) is 2.16. The van der Waals surface area contributed by atoms with E-state index in [1.54, 1.807) is 0 Å². The second-order valence-corrected chi connectivity index (χ2v) is 3.47. The fourth-order valence-electron chi connectivity index (χ4n) is 1.85. The van der Waals surface area contributed by atoms with E-state index in [0.29, 0.717) is 0 Å². The van der Waals surface area contributed by atoms with Gasteiger partial charge in [-0.1, -0.05) is 6.92 Å². The molecule has 13 heavy (non-hydrogen) atoms. The summed E-state index contributed by atoms with van der Waals surface area (Å²) < 4.78 is 5.64. The Morgan fingerprint density at radius 1 is 1.46 bits per heavy atom. The predicted molar refractivity (Wildman–Crippen MR) is 54.0 cm³/mol. The van der Waals surface area contributed by atoms with Crippen molar-refractivity contribution in [3.05, 3.63) is 23.3 Å². The van der Waals surface area contributed by atoms with Gasteiger partial charge in [-0.15, -0.1) is 0 Å². The van der Waals surface area contributed by atoms with Gasteiger partial charge in [0.2, 0.25) is 0 Å². The smallest absolute Gasteiger partial charge is 0.125 e. The first-order chi connectivity index (χ1) is 6.31. The van der Waals surface area contributed by atoms with Crippen molar-refractivity contribution < 1.29 is 4.74 Å². The first-order valence-electron chi connectivity index (χ1n) is 4.85. The Hall–Kier alpha value is -1.18. The minimum Gasteiger partial charge on any atom is -0.493 e. The van der Waals surface area contributed by atoms with Crippen molar-refractivity contribution in [2.24, 2.45) is 0 Å². The normalized spacial score (nSPS) is 14.8. The quantitative estimate of drug-likeness (QED) is 0.667. The lowest BCUT2D eigenvalue weighted by Gasteiger charge is -2.20. The monoisotopic (exact) mass is 177 g/mol. The highest BCUT2D eigenvalue weighted by molar-refractivity contribution is 5.54. The van der Waals surface area contributed by atoms with E-state index in [2.05, 4.69) is 6.92 Å². The van der Waals surface area contributed by atoms with E-state index in [1.165, 1.54) is 11.1 Å². The van der Waals surface area contributed by atoms with E-state index in [1.807, 2.05) is 12.1 Å². The minimum absolute atomic E-state index is 0.851. The summed E-state index contributed by atoms with van der Waals surface area (Å²) in [5.74, 6) is 1.09. The topological polar surface area (TPSA) is 35.2 Å². The maximum absolute atomic E-state index is 5.80. The van der Waals surface area contributed by atoms with Crippen LogP contribution in [0, 0.1) is 0 Å². The fourth-order valence-corrected chi connectivity index (χ4v) is 1.85. The summed E-state index contributed by atoms with van der Waals surface area (Å²) >= 11 is 0. The van der Waals surface area contributed by atoms with E-state index >= 15 is 0 Å². The molecule has 2 heteroatoms. The molecule has 0 bridgehead atoms. The highest BCUT2D eigenvalue weighted by Gasteiger charge is 2.14. The molecule has 2 nitrogen and oxygen atoms in total. The van der Waals surface area contributed by atoms with Gasteiger partial charge in [-0.05, 0) is 42.5 Å². The van der Waals surface area contributed by atoms with Crippen LogP contribution in [0.25, 0.3) is 0 Å². The summed E-state index contributed by atoms with van der Waals surface area (Å²) in [6, 6.07) is 4.05. The Morgan fingerprint density at radius 2 is 2.31 bits per heavy atom. The lowest BCUT2D eigenvalue weighted by molar-refractivity contribution is 0.285. The number of rotatable bonds is 1. The van der Waals surface area contributed by atoms with E-state index in [9.17, 15) is 0 Å². The van der Waals surface area contributed by atoms with Crippen LogP contribution >= 0.6 is 0 Å². The highest BCUT2D eigenvalue weighted by Crippen LogP contribution is 2.31. The van der Waals surface area contributed by atoms with E-state index < -0.39 is 0 Å². The maximum atomic E-state index is 5.80. The SMILES string of the molecule is CCc1cc(N)cc2c1OCCC2. The molecule has 70 valence electrons. The van der Waals surface area contributed by atoms with Gasteiger partial charge in [0.1, 0.15) is 5.75 Å². The summed E-state index contributed by atoms with van der Waals surface area (Å²) in [5.41, 5.74) is 9.19. The highest BCUT2D eigenvalue weighted by atomic mass is 16.5. The molecule has 1 aliphatic heterocycles. The molecule has 1 aliphatic rings. The Labute approximate surface area is 78.7 Å². The third kappa shape index (κ3) is 1.48. The Morgan fingerprint density at radius 3 is 3.08 bits per heavy atom. The molecule has 0 saturated carbocycles. The second kappa shape index (κ2) is 3.29. The molecule has 0 spiro atoms. The lowest BCUT2D eigenvalue weighted by Crippen LogP contribution is -2.10. The van der Waals surface area contributed by atoms with Gasteiger partial charge in [0.25, 0.3) is 0 Å². The first-order valence-corrected chi connectivity index (χ1v) is 4.85. The van der Waals surface area contributed by atoms with Crippen LogP contribution in [0.4, 0.5) is 5.69 Å². The summed E-state index contributed by atoms with van der Waals surface area (Å²) in [6.45, 7) is 2.98. The van der Waals surface area contributed by atoms with Gasteiger partial charge in [0.15, 0.2) is 0 Å². The van der Waals surface area contributed by atoms with Gasteiger partial charge < -0.3 is 10.5 Å². The number of nitrogen functional groups attached to an aromatic ring is 1. The molecule has 0 unspecified atom stereocenters. The zero-order chi connectivity index (χ0) is 9.26. The van der Waals surface area contributed by atoms with Crippen molar-refractivity contribution in [1.29, 1.82) is 0 Å². The molecule has 2 rings (SSSR count). The van der Waals surface area contributed by atoms with Crippen LogP contribution in [0.15, 0.2) is 12.1 Å². The van der Waals surface area contributed by atoms with Crippen LogP contribution in [0.1, 0.15) is 24.5 Å². The largest absolute Gasteiger partial charge is 0.493 e. The minimum atomic E-state index is 0.851. The Bertz CT molecular complexity index is 303. The summed E-state index contributed by atoms with van der Waals surface area (Å²) in [6.07, 6.45) is 3.21. The standard InChI is InChI=1S/C11H15NO/c1-2-8-6-10(12)7-9-4-3-5-13-11(8)9/h6-7H,2-5,12H2,1H3. The van der Waals surface area contributed by atoms with E-state index in [0.717, 1.165) is 37.3 Å². The molecule has 1 aromatic rings. The molecule has 0 aromatic heterocycles. The molecule has 0 radical (unpaired) electrons. The predicted octanol–water partition coefficient (Wildman–Crippen LogP) is 2.16. The zero-order valence-corrected chi connectivity index (χ0v) is 7.97. The van der Waals surface area contributed by atoms with Crippen molar-refractivity contribution in [2.75, 3.05) is 12.3 Å². The summed E-state index contributed by atoms with van der Waals surface area (Å²) in [5, 5.41) is 0. The number of nitrogens with two attached hydrogens (primary N) is 1. The number of hydrogen-bond donors (Lipinski definition) is 1. The molecular formula is C11H15NO. The Kier molecular flexibility index (Phi) is 2.13. The average molecular weight is 177 g/mol. The van der Waals surface area contributed by atoms with Crippen molar-refractivity contribution in [2.45, 2.75) is 26.2 Å². The molecule has 0 fully saturated rings. The molecule has 1 heterocycles. The number of hydrogen-bond acceptors (Lipinski definition) is 2. The van der Waals surface area contributed by atoms with Crippen molar-refractivity contribution >= 4 is 5.69 Å². The van der Waals surface area contributed by atoms with Crippen LogP contribution < -0.4 is 10.5 Å². The number of fused-ring (bicyclic) bond motifs is 1. The molecule has 1 aromatic carbocycles. The van der Waals surface area contributed by atoms with Gasteiger partial charge in [-0.2, -0.15) is 0 Å². The van der Waals surface area contributed by atoms with Gasteiger partial charge in [-0.25, -0.2) is 0 Å². The Balaban J connectivity index is 2.50. The van der Waals surface area contributed by atoms with E-state index in [4.69, 9.17) is 10.5 Å². The first kappa shape index (κ1) is 8.42. The number of benzene rings is 1. The van der Waals surface area contributed by atoms with Crippen molar-refractivity contribution in [3.63, 3.8) is 0 Å². The van der Waals surface area contributed by atoms with Crippen molar-refractivity contribution in [1.82, 2.24) is 0 Å². The number of anilines is 1. The van der Waals surface area contributed by atoms with Crippen LogP contribution in [-0.4, -0.2) is 6.61 Å². The van der Waals surface area contributed by atoms with Gasteiger partial charge in [-0.3, -0.25) is 0 Å². The molecule has 2 N–H and O–H groups in total. The second-order valence-electron chi connectivity index (χ2n) is 3.47. The van der Waals surface area contributed by atoms with Crippen LogP contribution in [-0.2, 0) is 12.8 Å². The van der Waals surface area contributed by atoms with Gasteiger partial charge in [0.05, 0.1) is 6.61 Å². The third-order valence-corrected chi connectivity index (χ3v) is 2.48. The molecule has 0 atom stereocenters. The maximum Gasteiger partial charge on any atom is 0.125 e. The lowest BCUT2D eigenvalue weighted by atomic mass is 10.00.